The fourth-order valence-corrected chi connectivity index (χ4v) is 2.37. The van der Waals surface area contributed by atoms with E-state index in [2.05, 4.69) is 20.6 Å². The lowest BCUT2D eigenvalue weighted by Crippen LogP contribution is -2.39. The van der Waals surface area contributed by atoms with Crippen molar-refractivity contribution in [3.63, 3.8) is 0 Å². The van der Waals surface area contributed by atoms with Gasteiger partial charge in [-0.1, -0.05) is 18.2 Å². The van der Waals surface area contributed by atoms with Crippen LogP contribution in [0, 0.1) is 0 Å². The van der Waals surface area contributed by atoms with Crippen LogP contribution in [0.1, 0.15) is 38.1 Å². The number of rotatable bonds is 8. The predicted octanol–water partition coefficient (Wildman–Crippen LogP) is 2.66. The molecule has 0 saturated heterocycles. The fourth-order valence-electron chi connectivity index (χ4n) is 2.37. The molecule has 0 amide bonds. The van der Waals surface area contributed by atoms with Gasteiger partial charge in [-0.15, -0.1) is 0 Å². The summed E-state index contributed by atoms with van der Waals surface area (Å²) in [7, 11) is 0. The third kappa shape index (κ3) is 6.72. The van der Waals surface area contributed by atoms with Gasteiger partial charge in [-0.2, -0.15) is 0 Å². The lowest BCUT2D eigenvalue weighted by Gasteiger charge is -2.17. The smallest absolute Gasteiger partial charge is 0.191 e. The molecule has 0 fully saturated rings. The second-order valence-electron chi connectivity index (χ2n) is 6.15. The van der Waals surface area contributed by atoms with Crippen LogP contribution in [0.5, 0.6) is 5.75 Å². The molecule has 2 aromatic rings. The van der Waals surface area contributed by atoms with Crippen molar-refractivity contribution in [3.8, 4) is 5.75 Å². The molecule has 26 heavy (non-hydrogen) atoms. The Morgan fingerprint density at radius 1 is 1.19 bits per heavy atom. The summed E-state index contributed by atoms with van der Waals surface area (Å²) < 4.78 is 5.68. The lowest BCUT2D eigenvalue weighted by molar-refractivity contribution is 0.179. The standard InChI is InChI=1S/C20H28N4O2/c1-4-21-20(23-13-17-9-5-6-11-22-17)24-14-19(25)16-8-7-10-18(12-16)26-15(2)3/h5-12,15,19,25H,4,13-14H2,1-3H3,(H2,21,23,24). The summed E-state index contributed by atoms with van der Waals surface area (Å²) in [6.07, 6.45) is 1.19. The van der Waals surface area contributed by atoms with Crippen molar-refractivity contribution in [2.75, 3.05) is 13.1 Å². The zero-order valence-corrected chi connectivity index (χ0v) is 15.6. The first-order valence-electron chi connectivity index (χ1n) is 8.95. The van der Waals surface area contributed by atoms with E-state index in [-0.39, 0.29) is 6.10 Å². The Balaban J connectivity index is 1.95. The summed E-state index contributed by atoms with van der Waals surface area (Å²) >= 11 is 0. The molecule has 140 valence electrons. The summed E-state index contributed by atoms with van der Waals surface area (Å²) in [5, 5.41) is 16.8. The molecule has 1 aromatic carbocycles. The maximum absolute atomic E-state index is 10.5. The van der Waals surface area contributed by atoms with Crippen LogP contribution >= 0.6 is 0 Å². The number of pyridine rings is 1. The van der Waals surface area contributed by atoms with E-state index < -0.39 is 6.10 Å². The number of aliphatic imine (C=N–C) groups is 1. The van der Waals surface area contributed by atoms with Gasteiger partial charge in [0.25, 0.3) is 0 Å². The quantitative estimate of drug-likeness (QED) is 0.501. The number of aliphatic hydroxyl groups is 1. The van der Waals surface area contributed by atoms with E-state index >= 15 is 0 Å². The molecular weight excluding hydrogens is 328 g/mol. The molecule has 1 aromatic heterocycles. The molecule has 0 saturated carbocycles. The van der Waals surface area contributed by atoms with E-state index in [4.69, 9.17) is 4.74 Å². The monoisotopic (exact) mass is 356 g/mol. The van der Waals surface area contributed by atoms with Gasteiger partial charge in [-0.25, -0.2) is 4.99 Å². The number of aliphatic hydroxyl groups excluding tert-OH is 1. The lowest BCUT2D eigenvalue weighted by atomic mass is 10.1. The largest absolute Gasteiger partial charge is 0.491 e. The minimum absolute atomic E-state index is 0.0969. The van der Waals surface area contributed by atoms with Gasteiger partial charge in [0.1, 0.15) is 5.75 Å². The van der Waals surface area contributed by atoms with E-state index in [1.54, 1.807) is 6.20 Å². The Kier molecular flexibility index (Phi) is 7.89. The van der Waals surface area contributed by atoms with Crippen molar-refractivity contribution in [1.82, 2.24) is 15.6 Å². The first kappa shape index (κ1) is 19.7. The van der Waals surface area contributed by atoms with Gasteiger partial charge in [-0.3, -0.25) is 4.98 Å². The van der Waals surface area contributed by atoms with Crippen LogP contribution in [-0.4, -0.2) is 35.2 Å². The number of aromatic nitrogens is 1. The summed E-state index contributed by atoms with van der Waals surface area (Å²) in [6, 6.07) is 13.3. The highest BCUT2D eigenvalue weighted by Crippen LogP contribution is 2.19. The maximum atomic E-state index is 10.5. The Bertz CT molecular complexity index is 689. The molecule has 1 atom stereocenters. The van der Waals surface area contributed by atoms with Crippen LogP contribution in [-0.2, 0) is 6.54 Å². The molecule has 6 nitrogen and oxygen atoms in total. The normalized spacial score (nSPS) is 12.7. The number of nitrogens with zero attached hydrogens (tertiary/aromatic N) is 2. The number of guanidine groups is 1. The molecule has 3 N–H and O–H groups in total. The van der Waals surface area contributed by atoms with Crippen LogP contribution < -0.4 is 15.4 Å². The van der Waals surface area contributed by atoms with Gasteiger partial charge in [0, 0.05) is 19.3 Å². The van der Waals surface area contributed by atoms with Crippen molar-refractivity contribution < 1.29 is 9.84 Å². The van der Waals surface area contributed by atoms with Gasteiger partial charge >= 0.3 is 0 Å². The minimum Gasteiger partial charge on any atom is -0.491 e. The van der Waals surface area contributed by atoms with E-state index in [0.717, 1.165) is 23.6 Å². The Morgan fingerprint density at radius 3 is 2.73 bits per heavy atom. The Morgan fingerprint density at radius 2 is 2.04 bits per heavy atom. The van der Waals surface area contributed by atoms with Gasteiger partial charge < -0.3 is 20.5 Å². The molecule has 6 heteroatoms. The minimum atomic E-state index is -0.663. The highest BCUT2D eigenvalue weighted by molar-refractivity contribution is 5.79. The summed E-state index contributed by atoms with van der Waals surface area (Å²) in [4.78, 5) is 8.76. The van der Waals surface area contributed by atoms with Crippen molar-refractivity contribution in [2.24, 2.45) is 4.99 Å². The summed E-state index contributed by atoms with van der Waals surface area (Å²) in [6.45, 7) is 7.52. The Hall–Kier alpha value is -2.60. The third-order valence-electron chi connectivity index (χ3n) is 3.55. The van der Waals surface area contributed by atoms with Gasteiger partial charge in [0.2, 0.25) is 0 Å². The van der Waals surface area contributed by atoms with Gasteiger partial charge in [0.05, 0.1) is 24.4 Å². The first-order valence-corrected chi connectivity index (χ1v) is 8.95. The van der Waals surface area contributed by atoms with Crippen molar-refractivity contribution in [2.45, 2.75) is 39.5 Å². The second-order valence-corrected chi connectivity index (χ2v) is 6.15. The molecular formula is C20H28N4O2. The first-order chi connectivity index (χ1) is 12.6. The van der Waals surface area contributed by atoms with Crippen LogP contribution in [0.3, 0.4) is 0 Å². The van der Waals surface area contributed by atoms with E-state index in [1.165, 1.54) is 0 Å². The van der Waals surface area contributed by atoms with Crippen molar-refractivity contribution >= 4 is 5.96 Å². The van der Waals surface area contributed by atoms with Crippen molar-refractivity contribution in [3.05, 3.63) is 59.9 Å². The van der Waals surface area contributed by atoms with Gasteiger partial charge in [0.15, 0.2) is 5.96 Å². The average molecular weight is 356 g/mol. The predicted molar refractivity (Wildman–Crippen MR) is 104 cm³/mol. The van der Waals surface area contributed by atoms with Crippen LogP contribution in [0.4, 0.5) is 0 Å². The Labute approximate surface area is 155 Å². The SMILES string of the molecule is CCNC(=NCc1ccccn1)NCC(O)c1cccc(OC(C)C)c1. The molecule has 0 bridgehead atoms. The molecule has 0 radical (unpaired) electrons. The highest BCUT2D eigenvalue weighted by atomic mass is 16.5. The molecule has 0 aliphatic carbocycles. The summed E-state index contributed by atoms with van der Waals surface area (Å²) in [5.41, 5.74) is 1.69. The van der Waals surface area contributed by atoms with Crippen molar-refractivity contribution in [1.29, 1.82) is 0 Å². The van der Waals surface area contributed by atoms with E-state index in [1.807, 2.05) is 63.2 Å². The van der Waals surface area contributed by atoms with Crippen LogP contribution in [0.2, 0.25) is 0 Å². The number of benzene rings is 1. The maximum Gasteiger partial charge on any atom is 0.191 e. The zero-order chi connectivity index (χ0) is 18.8. The molecule has 0 aliphatic heterocycles. The average Bonchev–Trinajstić information content (AvgIpc) is 2.64. The molecule has 0 spiro atoms. The zero-order valence-electron chi connectivity index (χ0n) is 15.6. The molecule has 2 rings (SSSR count). The number of ether oxygens (including phenoxy) is 1. The number of hydrogen-bond donors (Lipinski definition) is 3. The fraction of sp³-hybridized carbons (Fsp3) is 0.400. The molecule has 1 unspecified atom stereocenters. The molecule has 0 aliphatic rings. The summed E-state index contributed by atoms with van der Waals surface area (Å²) in [5.74, 6) is 1.40. The third-order valence-corrected chi connectivity index (χ3v) is 3.55. The molecule has 1 heterocycles. The van der Waals surface area contributed by atoms with E-state index in [9.17, 15) is 5.11 Å². The van der Waals surface area contributed by atoms with E-state index in [0.29, 0.717) is 19.0 Å². The van der Waals surface area contributed by atoms with Crippen LogP contribution in [0.25, 0.3) is 0 Å². The van der Waals surface area contributed by atoms with Gasteiger partial charge in [-0.05, 0) is 50.6 Å². The number of nitrogens with one attached hydrogen (secondary N) is 2. The number of hydrogen-bond acceptors (Lipinski definition) is 4. The topological polar surface area (TPSA) is 78.8 Å². The van der Waals surface area contributed by atoms with Crippen LogP contribution in [0.15, 0.2) is 53.7 Å². The second kappa shape index (κ2) is 10.4. The highest BCUT2D eigenvalue weighted by Gasteiger charge is 2.10.